The second-order valence-corrected chi connectivity index (χ2v) is 10.3. The van der Waals surface area contributed by atoms with E-state index < -0.39 is 103 Å². The van der Waals surface area contributed by atoms with Gasteiger partial charge >= 0.3 is 17.9 Å². The quantitative estimate of drug-likeness (QED) is 0.193. The Morgan fingerprint density at radius 1 is 1.10 bits per heavy atom. The molecule has 3 aliphatic rings. The van der Waals surface area contributed by atoms with E-state index in [1.807, 2.05) is 0 Å². The Labute approximate surface area is 237 Å². The summed E-state index contributed by atoms with van der Waals surface area (Å²) in [4.78, 5) is 51.9. The number of aliphatic carboxylic acids is 2. The first-order valence-corrected chi connectivity index (χ1v) is 13.1. The molecular formula is C27H36N2O11. The van der Waals surface area contributed by atoms with E-state index in [1.165, 1.54) is 11.8 Å². The average molecular weight is 570 g/mol. The summed E-state index contributed by atoms with van der Waals surface area (Å²) < 4.78 is 49.8. The minimum Gasteiger partial charge on any atom is -0.480 e. The Balaban J connectivity index is 1.48. The van der Waals surface area contributed by atoms with Gasteiger partial charge in [0.1, 0.15) is 30.4 Å². The number of esters is 1. The lowest BCUT2D eigenvalue weighted by Crippen LogP contribution is -2.61. The molecule has 2 saturated heterocycles. The third-order valence-corrected chi connectivity index (χ3v) is 7.76. The fourth-order valence-electron chi connectivity index (χ4n) is 5.72. The second-order valence-electron chi connectivity index (χ2n) is 10.3. The molecule has 0 aromatic heterocycles. The number of likely N-dealkylation sites (tertiary alicyclic amines) is 1. The third-order valence-electron chi connectivity index (χ3n) is 7.76. The first-order valence-electron chi connectivity index (χ1n) is 15.6. The van der Waals surface area contributed by atoms with Crippen LogP contribution in [0.4, 0.5) is 0 Å². The molecule has 2 heterocycles. The Morgan fingerprint density at radius 2 is 1.80 bits per heavy atom. The first-order chi connectivity index (χ1) is 21.1. The summed E-state index contributed by atoms with van der Waals surface area (Å²) in [6.45, 7) is 1.40. The van der Waals surface area contributed by atoms with Crippen LogP contribution in [0.5, 0.6) is 0 Å². The van der Waals surface area contributed by atoms with Gasteiger partial charge in [0.2, 0.25) is 12.2 Å². The van der Waals surface area contributed by atoms with Crippen LogP contribution in [0.2, 0.25) is 0 Å². The van der Waals surface area contributed by atoms with Crippen LogP contribution in [-0.4, -0.2) is 109 Å². The van der Waals surface area contributed by atoms with Crippen molar-refractivity contribution in [3.05, 3.63) is 35.8 Å². The molecule has 1 amide bonds. The van der Waals surface area contributed by atoms with Crippen LogP contribution in [0.1, 0.15) is 51.4 Å². The molecule has 220 valence electrons. The molecule has 13 heteroatoms. The fraction of sp³-hybridized carbons (Fsp3) is 0.630. The highest BCUT2D eigenvalue weighted by Gasteiger charge is 2.53. The van der Waals surface area contributed by atoms with Gasteiger partial charge < -0.3 is 39.9 Å². The number of aliphatic hydroxyl groups is 3. The normalized spacial score (nSPS) is 34.9. The van der Waals surface area contributed by atoms with E-state index in [0.29, 0.717) is 12.8 Å². The van der Waals surface area contributed by atoms with Crippen LogP contribution in [0.15, 0.2) is 30.2 Å². The van der Waals surface area contributed by atoms with E-state index >= 15 is 0 Å². The highest BCUT2D eigenvalue weighted by Crippen LogP contribution is 2.42. The summed E-state index contributed by atoms with van der Waals surface area (Å²) in [6.07, 6.45) is -8.16. The van der Waals surface area contributed by atoms with Gasteiger partial charge in [-0.2, -0.15) is 0 Å². The molecule has 4 rings (SSSR count). The number of hydrogen-bond acceptors (Lipinski definition) is 10. The first kappa shape index (κ1) is 23.6. The van der Waals surface area contributed by atoms with Gasteiger partial charge in [-0.15, -0.1) is 0 Å². The van der Waals surface area contributed by atoms with Crippen LogP contribution in [-0.2, 0) is 35.1 Å². The number of benzene rings is 1. The van der Waals surface area contributed by atoms with Crippen LogP contribution >= 0.6 is 0 Å². The molecule has 13 nitrogen and oxygen atoms in total. The minimum absolute atomic E-state index is 0.0703. The van der Waals surface area contributed by atoms with Crippen molar-refractivity contribution < 1.29 is 61.0 Å². The maximum absolute atomic E-state index is 13.8. The fourth-order valence-corrected chi connectivity index (χ4v) is 5.72. The number of carboxylic acids is 2. The van der Waals surface area contributed by atoms with Gasteiger partial charge in [0.05, 0.1) is 12.9 Å². The smallest absolute Gasteiger partial charge is 0.335 e. The zero-order chi connectivity index (χ0) is 33.5. The predicted molar refractivity (Wildman–Crippen MR) is 136 cm³/mol. The number of aliphatic hydroxyl groups excluding tert-OH is 3. The maximum Gasteiger partial charge on any atom is 0.335 e. The summed E-state index contributed by atoms with van der Waals surface area (Å²) in [5, 5.41) is 52.1. The second kappa shape index (κ2) is 12.6. The van der Waals surface area contributed by atoms with E-state index in [-0.39, 0.29) is 36.8 Å². The van der Waals surface area contributed by atoms with Crippen LogP contribution in [0, 0.1) is 5.92 Å². The molecular weight excluding hydrogens is 528 g/mol. The van der Waals surface area contributed by atoms with Gasteiger partial charge in [-0.25, -0.2) is 9.59 Å². The molecule has 0 bridgehead atoms. The van der Waals surface area contributed by atoms with Crippen molar-refractivity contribution in [2.24, 2.45) is 5.92 Å². The summed E-state index contributed by atoms with van der Waals surface area (Å²) in [5.74, 6) is -4.78. The number of fused-ring (bicyclic) bond motifs is 1. The summed E-state index contributed by atoms with van der Waals surface area (Å²) in [6, 6.07) is -6.71. The van der Waals surface area contributed by atoms with Gasteiger partial charge in [-0.3, -0.25) is 14.9 Å². The molecule has 0 spiro atoms. The van der Waals surface area contributed by atoms with Crippen LogP contribution in [0.25, 0.3) is 0 Å². The molecule has 6 N–H and O–H groups in total. The number of rotatable bonds is 10. The standard InChI is InChI=1S/C27H36N2O11/c1-13(28-16(24(34)35)11-10-14-6-3-2-4-7-14)23(33)29-17-9-5-8-15(17)12-18(29)26(38)40-27-21(32)19(30)20(31)22(39-27)25(36)37/h2-4,6-7,13,15-22,27-28,30-32H,5,8-12H2,1H3,(H,34,35)(H,36,37)/t13-,15-,16-,17-,18-,19-,20-,21+,22-,27-/m0/s1/i2D,3D,4D,6D,7D. The highest BCUT2D eigenvalue weighted by atomic mass is 16.7. The molecule has 1 saturated carbocycles. The van der Waals surface area contributed by atoms with E-state index in [1.54, 1.807) is 0 Å². The van der Waals surface area contributed by atoms with Crippen LogP contribution < -0.4 is 5.32 Å². The van der Waals surface area contributed by atoms with Crippen LogP contribution in [0.3, 0.4) is 0 Å². The number of carbonyl (C=O) groups is 4. The molecule has 3 fully saturated rings. The molecule has 2 aliphatic heterocycles. The maximum atomic E-state index is 13.8. The molecule has 0 unspecified atom stereocenters. The number of ether oxygens (including phenoxy) is 2. The zero-order valence-electron chi connectivity index (χ0n) is 26.6. The molecule has 40 heavy (non-hydrogen) atoms. The van der Waals surface area contributed by atoms with Crippen molar-refractivity contribution >= 4 is 23.8 Å². The third kappa shape index (κ3) is 6.28. The molecule has 1 aliphatic carbocycles. The Morgan fingerprint density at radius 3 is 2.45 bits per heavy atom. The van der Waals surface area contributed by atoms with Gasteiger partial charge in [-0.05, 0) is 50.5 Å². The van der Waals surface area contributed by atoms with Gasteiger partial charge in [0.25, 0.3) is 0 Å². The predicted octanol–water partition coefficient (Wildman–Crippen LogP) is -0.744. The lowest BCUT2D eigenvalue weighted by Gasteiger charge is -2.39. The largest absolute Gasteiger partial charge is 0.480 e. The van der Waals surface area contributed by atoms with Gasteiger partial charge in [0.15, 0.2) is 6.10 Å². The number of amides is 1. The summed E-state index contributed by atoms with van der Waals surface area (Å²) in [5.41, 5.74) is -0.0703. The van der Waals surface area contributed by atoms with Crippen molar-refractivity contribution in [2.75, 3.05) is 0 Å². The monoisotopic (exact) mass is 569 g/mol. The number of nitrogens with zero attached hydrogens (tertiary/aromatic N) is 1. The average Bonchev–Trinajstić information content (AvgIpc) is 3.59. The Hall–Kier alpha value is -3.10. The van der Waals surface area contributed by atoms with Crippen molar-refractivity contribution in [1.29, 1.82) is 0 Å². The molecule has 10 atom stereocenters. The van der Waals surface area contributed by atoms with Crippen molar-refractivity contribution in [2.45, 2.75) is 100 Å². The Bertz CT molecular complexity index is 1320. The lowest BCUT2D eigenvalue weighted by atomic mass is 9.99. The van der Waals surface area contributed by atoms with Crippen molar-refractivity contribution in [1.82, 2.24) is 10.2 Å². The number of carbonyl (C=O) groups excluding carboxylic acids is 2. The Kier molecular flexibility index (Phi) is 7.43. The van der Waals surface area contributed by atoms with E-state index in [9.17, 15) is 44.7 Å². The summed E-state index contributed by atoms with van der Waals surface area (Å²) in [7, 11) is 0. The van der Waals surface area contributed by atoms with Gasteiger partial charge in [0, 0.05) is 6.04 Å². The molecule has 1 aromatic rings. The minimum atomic E-state index is -2.00. The van der Waals surface area contributed by atoms with Crippen molar-refractivity contribution in [3.8, 4) is 0 Å². The number of nitrogens with one attached hydrogen (secondary N) is 1. The van der Waals surface area contributed by atoms with E-state index in [0.717, 1.165) is 6.42 Å². The highest BCUT2D eigenvalue weighted by molar-refractivity contribution is 5.89. The van der Waals surface area contributed by atoms with E-state index in [4.69, 9.17) is 16.3 Å². The van der Waals surface area contributed by atoms with E-state index in [2.05, 4.69) is 5.32 Å². The topological polar surface area (TPSA) is 203 Å². The number of hydrogen-bond donors (Lipinski definition) is 6. The zero-order valence-corrected chi connectivity index (χ0v) is 21.6. The molecule has 1 aromatic carbocycles. The summed E-state index contributed by atoms with van der Waals surface area (Å²) >= 11 is 0. The van der Waals surface area contributed by atoms with Crippen molar-refractivity contribution in [3.63, 3.8) is 0 Å². The SMILES string of the molecule is [2H]c1c([2H])c([2H])c(CC[C@H](N[C@@H](C)C(=O)N2[C@H](C(=O)O[C@@H]3O[C@H](C(=O)O)[C@@H](O)[C@H](O)[C@H]3O)C[C@@H]3CCC[C@@H]32)C(=O)O)c([2H])c1[2H]. The lowest BCUT2D eigenvalue weighted by molar-refractivity contribution is -0.287. The van der Waals surface area contributed by atoms with Gasteiger partial charge in [-0.1, -0.05) is 36.6 Å². The molecule has 0 radical (unpaired) electrons. The number of carboxylic acid groups (broad SMARTS) is 2.